The molecule has 3 rings (SSSR count). The molecule has 0 aliphatic heterocycles. The largest absolute Gasteiger partial charge is 0.497 e. The van der Waals surface area contributed by atoms with Crippen LogP contribution in [0.1, 0.15) is 56.2 Å². The van der Waals surface area contributed by atoms with Crippen molar-refractivity contribution >= 4 is 32.5 Å². The first-order valence-corrected chi connectivity index (χ1v) is 12.1. The summed E-state index contributed by atoms with van der Waals surface area (Å²) in [5, 5.41) is 4.38. The van der Waals surface area contributed by atoms with Gasteiger partial charge >= 0.3 is 6.03 Å². The zero-order valence-corrected chi connectivity index (χ0v) is 20.1. The van der Waals surface area contributed by atoms with E-state index in [2.05, 4.69) is 10.0 Å². The number of hydrogen-bond donors (Lipinski definition) is 2. The van der Waals surface area contributed by atoms with Gasteiger partial charge in [-0.15, -0.1) is 0 Å². The first kappa shape index (κ1) is 23.6. The SMILES string of the molecule is COc1ccc2cc(S(=O)(=O)NC(=O)Nc3c(C(C)C)cc(C)cc3C(C)C)ccc2c1. The number of urea groups is 1. The van der Waals surface area contributed by atoms with Crippen LogP contribution in [0.25, 0.3) is 10.8 Å². The molecule has 0 radical (unpaired) electrons. The van der Waals surface area contributed by atoms with E-state index in [4.69, 9.17) is 4.74 Å². The molecule has 7 heteroatoms. The van der Waals surface area contributed by atoms with E-state index < -0.39 is 16.1 Å². The van der Waals surface area contributed by atoms with Crippen LogP contribution in [0.4, 0.5) is 10.5 Å². The average Bonchev–Trinajstić information content (AvgIpc) is 2.73. The van der Waals surface area contributed by atoms with Crippen molar-refractivity contribution in [1.29, 1.82) is 0 Å². The van der Waals surface area contributed by atoms with Gasteiger partial charge in [0.15, 0.2) is 0 Å². The van der Waals surface area contributed by atoms with E-state index >= 15 is 0 Å². The zero-order valence-electron chi connectivity index (χ0n) is 19.3. The van der Waals surface area contributed by atoms with Crippen molar-refractivity contribution in [3.05, 3.63) is 65.2 Å². The van der Waals surface area contributed by atoms with E-state index in [0.717, 1.165) is 27.5 Å². The van der Waals surface area contributed by atoms with Gasteiger partial charge in [-0.25, -0.2) is 17.9 Å². The summed E-state index contributed by atoms with van der Waals surface area (Å²) in [5.74, 6) is 1.01. The molecule has 0 saturated heterocycles. The van der Waals surface area contributed by atoms with Gasteiger partial charge in [0.25, 0.3) is 10.0 Å². The third kappa shape index (κ3) is 5.05. The lowest BCUT2D eigenvalue weighted by Crippen LogP contribution is -2.35. The summed E-state index contributed by atoms with van der Waals surface area (Å²) < 4.78 is 33.1. The van der Waals surface area contributed by atoms with Crippen molar-refractivity contribution in [3.8, 4) is 5.75 Å². The van der Waals surface area contributed by atoms with Crippen LogP contribution in [0.15, 0.2) is 53.4 Å². The van der Waals surface area contributed by atoms with Gasteiger partial charge in [-0.3, -0.25) is 0 Å². The molecule has 0 bridgehead atoms. The van der Waals surface area contributed by atoms with Gasteiger partial charge < -0.3 is 10.1 Å². The Hall–Kier alpha value is -3.06. The summed E-state index contributed by atoms with van der Waals surface area (Å²) in [5.41, 5.74) is 3.71. The highest BCUT2D eigenvalue weighted by molar-refractivity contribution is 7.90. The smallest absolute Gasteiger partial charge is 0.333 e. The molecule has 3 aromatic rings. The molecular formula is C25H30N2O4S. The molecule has 0 saturated carbocycles. The Balaban J connectivity index is 1.90. The third-order valence-corrected chi connectivity index (χ3v) is 6.71. The van der Waals surface area contributed by atoms with Crippen LogP contribution < -0.4 is 14.8 Å². The van der Waals surface area contributed by atoms with E-state index in [1.165, 1.54) is 12.1 Å². The van der Waals surface area contributed by atoms with Crippen molar-refractivity contribution in [2.75, 3.05) is 12.4 Å². The monoisotopic (exact) mass is 454 g/mol. The topological polar surface area (TPSA) is 84.5 Å². The van der Waals surface area contributed by atoms with Crippen LogP contribution in [-0.4, -0.2) is 21.6 Å². The fourth-order valence-electron chi connectivity index (χ4n) is 3.71. The molecule has 2 N–H and O–H groups in total. The Morgan fingerprint density at radius 3 is 2.00 bits per heavy atom. The number of carbonyl (C=O) groups excluding carboxylic acids is 1. The lowest BCUT2D eigenvalue weighted by atomic mass is 9.90. The zero-order chi connectivity index (χ0) is 23.6. The quantitative estimate of drug-likeness (QED) is 0.485. The summed E-state index contributed by atoms with van der Waals surface area (Å²) in [7, 11) is -2.48. The van der Waals surface area contributed by atoms with Crippen molar-refractivity contribution in [2.45, 2.75) is 51.3 Å². The molecule has 0 unspecified atom stereocenters. The molecule has 0 fully saturated rings. The minimum atomic E-state index is -4.05. The molecule has 0 heterocycles. The van der Waals surface area contributed by atoms with Gasteiger partial charge in [-0.2, -0.15) is 0 Å². The summed E-state index contributed by atoms with van der Waals surface area (Å²) in [6.07, 6.45) is 0. The minimum Gasteiger partial charge on any atom is -0.497 e. The number of hydrogen-bond acceptors (Lipinski definition) is 4. The third-order valence-electron chi connectivity index (χ3n) is 5.38. The number of anilines is 1. The molecular weight excluding hydrogens is 424 g/mol. The predicted octanol–water partition coefficient (Wildman–Crippen LogP) is 5.91. The Morgan fingerprint density at radius 1 is 0.875 bits per heavy atom. The normalized spacial score (nSPS) is 11.8. The number of rotatable bonds is 6. The molecule has 0 spiro atoms. The molecule has 0 aliphatic carbocycles. The first-order valence-electron chi connectivity index (χ1n) is 10.6. The van der Waals surface area contributed by atoms with Gasteiger partial charge in [0.05, 0.1) is 12.0 Å². The number of carbonyl (C=O) groups is 1. The number of sulfonamides is 1. The van der Waals surface area contributed by atoms with Crippen LogP contribution in [0.2, 0.25) is 0 Å². The van der Waals surface area contributed by atoms with Crippen molar-refractivity contribution in [2.24, 2.45) is 0 Å². The van der Waals surface area contributed by atoms with Crippen LogP contribution in [0, 0.1) is 6.92 Å². The molecule has 0 atom stereocenters. The highest BCUT2D eigenvalue weighted by Gasteiger charge is 2.21. The lowest BCUT2D eigenvalue weighted by molar-refractivity contribution is 0.256. The number of nitrogens with one attached hydrogen (secondary N) is 2. The second-order valence-corrected chi connectivity index (χ2v) is 10.2. The maximum absolute atomic E-state index is 12.9. The molecule has 2 amide bonds. The van der Waals surface area contributed by atoms with Crippen molar-refractivity contribution < 1.29 is 17.9 Å². The second-order valence-electron chi connectivity index (χ2n) is 8.56. The Labute approximate surface area is 190 Å². The number of aryl methyl sites for hydroxylation is 1. The lowest BCUT2D eigenvalue weighted by Gasteiger charge is -2.21. The van der Waals surface area contributed by atoms with Gasteiger partial charge in [0.1, 0.15) is 5.75 Å². The fourth-order valence-corrected chi connectivity index (χ4v) is 4.66. The molecule has 170 valence electrons. The Morgan fingerprint density at radius 2 is 1.44 bits per heavy atom. The Bertz CT molecular complexity index is 1240. The van der Waals surface area contributed by atoms with Crippen molar-refractivity contribution in [1.82, 2.24) is 4.72 Å². The molecule has 3 aromatic carbocycles. The van der Waals surface area contributed by atoms with Crippen LogP contribution >= 0.6 is 0 Å². The van der Waals surface area contributed by atoms with Gasteiger partial charge in [-0.1, -0.05) is 57.5 Å². The minimum absolute atomic E-state index is 0.0161. The van der Waals surface area contributed by atoms with E-state index in [1.807, 2.05) is 52.8 Å². The summed E-state index contributed by atoms with van der Waals surface area (Å²) in [4.78, 5) is 12.8. The number of ether oxygens (including phenoxy) is 1. The summed E-state index contributed by atoms with van der Waals surface area (Å²) in [6.45, 7) is 10.2. The predicted molar refractivity (Wildman–Crippen MR) is 129 cm³/mol. The molecule has 0 aliphatic rings. The van der Waals surface area contributed by atoms with Crippen LogP contribution in [0.3, 0.4) is 0 Å². The fraction of sp³-hybridized carbons (Fsp3) is 0.320. The van der Waals surface area contributed by atoms with Gasteiger partial charge in [-0.05, 0) is 64.9 Å². The van der Waals surface area contributed by atoms with Crippen LogP contribution in [-0.2, 0) is 10.0 Å². The van der Waals surface area contributed by atoms with Crippen molar-refractivity contribution in [3.63, 3.8) is 0 Å². The average molecular weight is 455 g/mol. The van der Waals surface area contributed by atoms with E-state index in [9.17, 15) is 13.2 Å². The standard InChI is InChI=1S/C25H30N2O4S/c1-15(2)22-11-17(5)12-23(16(3)4)24(22)26-25(28)27-32(29,30)21-10-8-18-13-20(31-6)9-7-19(18)14-21/h7-16H,1-6H3,(H2,26,27,28). The van der Waals surface area contributed by atoms with E-state index in [1.54, 1.807) is 25.3 Å². The highest BCUT2D eigenvalue weighted by atomic mass is 32.2. The molecule has 32 heavy (non-hydrogen) atoms. The number of methoxy groups -OCH3 is 1. The Kier molecular flexibility index (Phi) is 6.79. The molecule has 0 aromatic heterocycles. The summed E-state index contributed by atoms with van der Waals surface area (Å²) >= 11 is 0. The maximum Gasteiger partial charge on any atom is 0.333 e. The van der Waals surface area contributed by atoms with E-state index in [0.29, 0.717) is 11.4 Å². The first-order chi connectivity index (χ1) is 15.0. The van der Waals surface area contributed by atoms with Gasteiger partial charge in [0, 0.05) is 5.69 Å². The molecule has 6 nitrogen and oxygen atoms in total. The van der Waals surface area contributed by atoms with Crippen LogP contribution in [0.5, 0.6) is 5.75 Å². The summed E-state index contributed by atoms with van der Waals surface area (Å²) in [6, 6.07) is 13.3. The highest BCUT2D eigenvalue weighted by Crippen LogP contribution is 2.34. The maximum atomic E-state index is 12.9. The number of benzene rings is 3. The number of fused-ring (bicyclic) bond motifs is 1. The number of amides is 2. The van der Waals surface area contributed by atoms with Gasteiger partial charge in [0.2, 0.25) is 0 Å². The van der Waals surface area contributed by atoms with E-state index in [-0.39, 0.29) is 16.7 Å². The second kappa shape index (κ2) is 9.20.